The van der Waals surface area contributed by atoms with Crippen molar-refractivity contribution in [2.75, 3.05) is 20.2 Å². The zero-order valence-electron chi connectivity index (χ0n) is 17.0. The number of imidazole rings is 1. The summed E-state index contributed by atoms with van der Waals surface area (Å²) in [6.45, 7) is 7.18. The summed E-state index contributed by atoms with van der Waals surface area (Å²) in [5.41, 5.74) is 4.72. The lowest BCUT2D eigenvalue weighted by molar-refractivity contribution is 0.0788. The molecule has 0 aliphatic heterocycles. The molecule has 0 aliphatic carbocycles. The van der Waals surface area contributed by atoms with Gasteiger partial charge in [0.1, 0.15) is 11.6 Å². The molecule has 0 radical (unpaired) electrons. The van der Waals surface area contributed by atoms with Gasteiger partial charge in [0.2, 0.25) is 0 Å². The van der Waals surface area contributed by atoms with Crippen LogP contribution in [0.25, 0.3) is 11.3 Å². The molecule has 5 nitrogen and oxygen atoms in total. The Morgan fingerprint density at radius 2 is 1.86 bits per heavy atom. The van der Waals surface area contributed by atoms with Crippen molar-refractivity contribution >= 4 is 5.91 Å². The number of carbonyl (C=O) groups is 1. The Kier molecular flexibility index (Phi) is 6.14. The first kappa shape index (κ1) is 19.7. The highest BCUT2D eigenvalue weighted by Crippen LogP contribution is 2.22. The normalized spacial score (nSPS) is 10.7. The number of hydrogen-bond donors (Lipinski definition) is 1. The SMILES string of the molecule is Cc1ccc(OCCCN(C)C(=O)c2cccc(-c3nc(C)[nH]c3C)c2)cc1. The standard InChI is InChI=1S/C23H27N3O2/c1-16-9-11-21(12-10-16)28-14-6-13-26(4)23(27)20-8-5-7-19(15-20)22-17(2)24-18(3)25-22/h5,7-12,15H,6,13-14H2,1-4H3,(H,24,25). The molecule has 0 atom stereocenters. The summed E-state index contributed by atoms with van der Waals surface area (Å²) in [4.78, 5) is 22.2. The zero-order valence-corrected chi connectivity index (χ0v) is 17.0. The molecular weight excluding hydrogens is 350 g/mol. The average Bonchev–Trinajstić information content (AvgIpc) is 3.04. The van der Waals surface area contributed by atoms with Gasteiger partial charge < -0.3 is 14.6 Å². The minimum Gasteiger partial charge on any atom is -0.494 e. The molecule has 3 rings (SSSR count). The summed E-state index contributed by atoms with van der Waals surface area (Å²) >= 11 is 0. The second-order valence-corrected chi connectivity index (χ2v) is 7.12. The second kappa shape index (κ2) is 8.74. The molecule has 0 unspecified atom stereocenters. The van der Waals surface area contributed by atoms with Gasteiger partial charge in [0.25, 0.3) is 5.91 Å². The third-order valence-electron chi connectivity index (χ3n) is 4.66. The van der Waals surface area contributed by atoms with Crippen molar-refractivity contribution in [3.05, 3.63) is 71.2 Å². The molecule has 0 saturated heterocycles. The van der Waals surface area contributed by atoms with E-state index in [9.17, 15) is 4.79 Å². The fourth-order valence-electron chi connectivity index (χ4n) is 3.14. The summed E-state index contributed by atoms with van der Waals surface area (Å²) < 4.78 is 5.74. The average molecular weight is 377 g/mol. The Morgan fingerprint density at radius 3 is 2.54 bits per heavy atom. The van der Waals surface area contributed by atoms with E-state index in [1.54, 1.807) is 4.90 Å². The second-order valence-electron chi connectivity index (χ2n) is 7.12. The highest BCUT2D eigenvalue weighted by atomic mass is 16.5. The number of benzene rings is 2. The van der Waals surface area contributed by atoms with Gasteiger partial charge in [0.15, 0.2) is 0 Å². The molecule has 0 fully saturated rings. The summed E-state index contributed by atoms with van der Waals surface area (Å²) in [6.07, 6.45) is 0.771. The number of aromatic amines is 1. The highest BCUT2D eigenvalue weighted by molar-refractivity contribution is 5.95. The molecule has 146 valence electrons. The van der Waals surface area contributed by atoms with Gasteiger partial charge in [-0.15, -0.1) is 0 Å². The van der Waals surface area contributed by atoms with Crippen molar-refractivity contribution in [3.63, 3.8) is 0 Å². The van der Waals surface area contributed by atoms with E-state index in [2.05, 4.69) is 9.97 Å². The van der Waals surface area contributed by atoms with Gasteiger partial charge in [-0.2, -0.15) is 0 Å². The first-order valence-corrected chi connectivity index (χ1v) is 9.52. The molecule has 1 heterocycles. The first-order chi connectivity index (χ1) is 13.4. The summed E-state index contributed by atoms with van der Waals surface area (Å²) in [6, 6.07) is 15.6. The molecule has 1 amide bonds. The van der Waals surface area contributed by atoms with E-state index in [-0.39, 0.29) is 5.91 Å². The Morgan fingerprint density at radius 1 is 1.11 bits per heavy atom. The molecule has 3 aromatic rings. The van der Waals surface area contributed by atoms with Crippen LogP contribution < -0.4 is 4.74 Å². The summed E-state index contributed by atoms with van der Waals surface area (Å²) in [7, 11) is 1.82. The molecule has 0 saturated carbocycles. The highest BCUT2D eigenvalue weighted by Gasteiger charge is 2.14. The lowest BCUT2D eigenvalue weighted by Crippen LogP contribution is -2.28. The lowest BCUT2D eigenvalue weighted by Gasteiger charge is -2.18. The number of carbonyl (C=O) groups excluding carboxylic acids is 1. The number of hydrogen-bond acceptors (Lipinski definition) is 3. The van der Waals surface area contributed by atoms with Gasteiger partial charge >= 0.3 is 0 Å². The van der Waals surface area contributed by atoms with Gasteiger partial charge in [0.05, 0.1) is 12.3 Å². The number of nitrogens with one attached hydrogen (secondary N) is 1. The number of nitrogens with zero attached hydrogens (tertiary/aromatic N) is 2. The smallest absolute Gasteiger partial charge is 0.253 e. The molecule has 28 heavy (non-hydrogen) atoms. The fourth-order valence-corrected chi connectivity index (χ4v) is 3.14. The van der Waals surface area contributed by atoms with Crippen LogP contribution in [-0.4, -0.2) is 41.0 Å². The van der Waals surface area contributed by atoms with Crippen molar-refractivity contribution in [2.24, 2.45) is 0 Å². The molecule has 5 heteroatoms. The quantitative estimate of drug-likeness (QED) is 0.615. The maximum atomic E-state index is 12.8. The maximum absolute atomic E-state index is 12.8. The minimum absolute atomic E-state index is 0.00194. The molecule has 0 spiro atoms. The van der Waals surface area contributed by atoms with E-state index < -0.39 is 0 Å². The number of rotatable bonds is 7. The molecule has 0 aliphatic rings. The van der Waals surface area contributed by atoms with Gasteiger partial charge in [0, 0.05) is 30.4 Å². The summed E-state index contributed by atoms with van der Waals surface area (Å²) in [5, 5.41) is 0. The van der Waals surface area contributed by atoms with E-state index in [1.165, 1.54) is 5.56 Å². The number of aryl methyl sites for hydroxylation is 3. The Labute approximate surface area is 166 Å². The van der Waals surface area contributed by atoms with Crippen LogP contribution >= 0.6 is 0 Å². The van der Waals surface area contributed by atoms with Crippen LogP contribution in [0.3, 0.4) is 0 Å². The predicted octanol–water partition coefficient (Wildman–Crippen LogP) is 4.54. The van der Waals surface area contributed by atoms with Gasteiger partial charge in [-0.1, -0.05) is 29.8 Å². The molecule has 1 aromatic heterocycles. The lowest BCUT2D eigenvalue weighted by atomic mass is 10.1. The van der Waals surface area contributed by atoms with Crippen LogP contribution in [0, 0.1) is 20.8 Å². The molecular formula is C23H27N3O2. The van der Waals surface area contributed by atoms with Crippen molar-refractivity contribution < 1.29 is 9.53 Å². The number of amides is 1. The van der Waals surface area contributed by atoms with Gasteiger partial charge in [-0.05, 0) is 51.5 Å². The monoisotopic (exact) mass is 377 g/mol. The minimum atomic E-state index is 0.00194. The predicted molar refractivity (Wildman–Crippen MR) is 112 cm³/mol. The fraction of sp³-hybridized carbons (Fsp3) is 0.304. The topological polar surface area (TPSA) is 58.2 Å². The van der Waals surface area contributed by atoms with E-state index >= 15 is 0 Å². The van der Waals surface area contributed by atoms with E-state index in [0.717, 1.165) is 34.9 Å². The number of ether oxygens (including phenoxy) is 1. The third-order valence-corrected chi connectivity index (χ3v) is 4.66. The Balaban J connectivity index is 1.56. The molecule has 2 aromatic carbocycles. The van der Waals surface area contributed by atoms with Crippen LogP contribution in [-0.2, 0) is 0 Å². The maximum Gasteiger partial charge on any atom is 0.253 e. The van der Waals surface area contributed by atoms with E-state index in [1.807, 2.05) is 76.3 Å². The van der Waals surface area contributed by atoms with Crippen LogP contribution in [0.4, 0.5) is 0 Å². The molecule has 0 bridgehead atoms. The van der Waals surface area contributed by atoms with Crippen LogP contribution in [0.15, 0.2) is 48.5 Å². The summed E-state index contributed by atoms with van der Waals surface area (Å²) in [5.74, 6) is 1.73. The third kappa shape index (κ3) is 4.80. The van der Waals surface area contributed by atoms with E-state index in [0.29, 0.717) is 18.7 Å². The Bertz CT molecular complexity index is 945. The van der Waals surface area contributed by atoms with Crippen molar-refractivity contribution in [1.29, 1.82) is 0 Å². The zero-order chi connectivity index (χ0) is 20.1. The first-order valence-electron chi connectivity index (χ1n) is 9.52. The van der Waals surface area contributed by atoms with Gasteiger partial charge in [-0.25, -0.2) is 4.98 Å². The van der Waals surface area contributed by atoms with E-state index in [4.69, 9.17) is 4.74 Å². The largest absolute Gasteiger partial charge is 0.494 e. The van der Waals surface area contributed by atoms with Crippen LogP contribution in [0.5, 0.6) is 5.75 Å². The van der Waals surface area contributed by atoms with Crippen LogP contribution in [0.2, 0.25) is 0 Å². The van der Waals surface area contributed by atoms with Crippen molar-refractivity contribution in [3.8, 4) is 17.0 Å². The van der Waals surface area contributed by atoms with Crippen molar-refractivity contribution in [2.45, 2.75) is 27.2 Å². The van der Waals surface area contributed by atoms with Gasteiger partial charge in [-0.3, -0.25) is 4.79 Å². The number of H-pyrrole nitrogens is 1. The Hall–Kier alpha value is -3.08. The van der Waals surface area contributed by atoms with Crippen LogP contribution in [0.1, 0.15) is 33.9 Å². The number of aromatic nitrogens is 2. The van der Waals surface area contributed by atoms with Crippen molar-refractivity contribution in [1.82, 2.24) is 14.9 Å². The molecule has 1 N–H and O–H groups in total.